The molecule has 0 aliphatic carbocycles. The van der Waals surface area contributed by atoms with Gasteiger partial charge in [0.05, 0.1) is 17.6 Å². The molecule has 1 aromatic heterocycles. The van der Waals surface area contributed by atoms with E-state index >= 15 is 0 Å². The van der Waals surface area contributed by atoms with Crippen molar-refractivity contribution in [2.75, 3.05) is 31.1 Å². The van der Waals surface area contributed by atoms with Gasteiger partial charge in [0.1, 0.15) is 5.69 Å². The summed E-state index contributed by atoms with van der Waals surface area (Å²) >= 11 is 0. The van der Waals surface area contributed by atoms with E-state index in [4.69, 9.17) is 0 Å². The first-order valence-electron chi connectivity index (χ1n) is 12.1. The number of piperazine rings is 1. The fourth-order valence-corrected chi connectivity index (χ4v) is 4.71. The van der Waals surface area contributed by atoms with Gasteiger partial charge in [0.2, 0.25) is 0 Å². The molecule has 35 heavy (non-hydrogen) atoms. The first kappa shape index (κ1) is 22.8. The van der Waals surface area contributed by atoms with Crippen LogP contribution in [0.4, 0.5) is 5.69 Å². The fraction of sp³-hybridized carbons (Fsp3) is 0.276. The Balaban J connectivity index is 1.31. The van der Waals surface area contributed by atoms with Gasteiger partial charge in [-0.15, -0.1) is 0 Å². The Morgan fingerprint density at radius 2 is 1.51 bits per heavy atom. The van der Waals surface area contributed by atoms with Crippen molar-refractivity contribution >= 4 is 22.6 Å². The van der Waals surface area contributed by atoms with Gasteiger partial charge in [0.15, 0.2) is 0 Å². The van der Waals surface area contributed by atoms with Crippen molar-refractivity contribution in [1.29, 1.82) is 0 Å². The second kappa shape index (κ2) is 9.37. The smallest absolute Gasteiger partial charge is 0.272 e. The molecule has 1 aliphatic rings. The Bertz CT molecular complexity index is 1430. The van der Waals surface area contributed by atoms with E-state index in [1.807, 2.05) is 66.4 Å². The monoisotopic (exact) mass is 466 g/mol. The second-order valence-electron chi connectivity index (χ2n) is 9.33. The maximum atomic E-state index is 13.1. The lowest BCUT2D eigenvalue weighted by atomic mass is 10.1. The molecule has 3 aromatic carbocycles. The van der Waals surface area contributed by atoms with Crippen molar-refractivity contribution in [2.24, 2.45) is 0 Å². The van der Waals surface area contributed by atoms with E-state index in [1.54, 1.807) is 11.5 Å². The largest absolute Gasteiger partial charge is 0.368 e. The van der Waals surface area contributed by atoms with Crippen LogP contribution in [-0.4, -0.2) is 46.5 Å². The molecule has 1 fully saturated rings. The summed E-state index contributed by atoms with van der Waals surface area (Å²) in [7, 11) is 0. The van der Waals surface area contributed by atoms with Crippen LogP contribution >= 0.6 is 0 Å². The van der Waals surface area contributed by atoms with Crippen molar-refractivity contribution < 1.29 is 4.79 Å². The quantitative estimate of drug-likeness (QED) is 0.449. The molecule has 0 radical (unpaired) electrons. The highest BCUT2D eigenvalue weighted by atomic mass is 16.2. The number of hydrogen-bond acceptors (Lipinski definition) is 4. The molecule has 0 bridgehead atoms. The van der Waals surface area contributed by atoms with Crippen LogP contribution in [0.25, 0.3) is 11.0 Å². The van der Waals surface area contributed by atoms with Gasteiger partial charge in [-0.25, -0.2) is 4.98 Å². The molecule has 0 atom stereocenters. The highest BCUT2D eigenvalue weighted by Crippen LogP contribution is 2.20. The maximum absolute atomic E-state index is 13.1. The molecule has 0 spiro atoms. The third-order valence-corrected chi connectivity index (χ3v) is 6.95. The van der Waals surface area contributed by atoms with Crippen LogP contribution in [0.15, 0.2) is 71.5 Å². The number of aromatic nitrogens is 2. The van der Waals surface area contributed by atoms with Gasteiger partial charge >= 0.3 is 0 Å². The lowest BCUT2D eigenvalue weighted by Crippen LogP contribution is -2.48. The van der Waals surface area contributed by atoms with Crippen molar-refractivity contribution in [2.45, 2.75) is 27.3 Å². The number of para-hydroxylation sites is 1. The van der Waals surface area contributed by atoms with Crippen molar-refractivity contribution in [1.82, 2.24) is 14.5 Å². The van der Waals surface area contributed by atoms with E-state index in [0.29, 0.717) is 30.9 Å². The summed E-state index contributed by atoms with van der Waals surface area (Å²) < 4.78 is 1.78. The van der Waals surface area contributed by atoms with Gasteiger partial charge in [0.25, 0.3) is 11.5 Å². The van der Waals surface area contributed by atoms with Gasteiger partial charge in [-0.1, -0.05) is 30.3 Å². The minimum Gasteiger partial charge on any atom is -0.368 e. The van der Waals surface area contributed by atoms with E-state index in [9.17, 15) is 9.59 Å². The van der Waals surface area contributed by atoms with Crippen molar-refractivity contribution in [3.8, 4) is 0 Å². The summed E-state index contributed by atoms with van der Waals surface area (Å²) in [6.07, 6.45) is 0. The van der Waals surface area contributed by atoms with Crippen LogP contribution in [-0.2, 0) is 6.54 Å². The molecule has 1 saturated heterocycles. The average molecular weight is 467 g/mol. The first-order chi connectivity index (χ1) is 16.9. The van der Waals surface area contributed by atoms with Crippen LogP contribution in [0.3, 0.4) is 0 Å². The van der Waals surface area contributed by atoms with Gasteiger partial charge in [-0.3, -0.25) is 9.59 Å². The van der Waals surface area contributed by atoms with E-state index < -0.39 is 0 Å². The van der Waals surface area contributed by atoms with Gasteiger partial charge < -0.3 is 14.4 Å². The number of carbonyl (C=O) groups is 1. The molecule has 6 heteroatoms. The fourth-order valence-electron chi connectivity index (χ4n) is 4.71. The van der Waals surface area contributed by atoms with E-state index in [2.05, 4.69) is 28.9 Å². The summed E-state index contributed by atoms with van der Waals surface area (Å²) in [6.45, 7) is 9.34. The molecule has 178 valence electrons. The summed E-state index contributed by atoms with van der Waals surface area (Å²) in [5.41, 5.74) is 7.19. The molecule has 1 amide bonds. The molecule has 6 nitrogen and oxygen atoms in total. The van der Waals surface area contributed by atoms with Gasteiger partial charge in [-0.2, -0.15) is 0 Å². The third kappa shape index (κ3) is 4.56. The van der Waals surface area contributed by atoms with Crippen molar-refractivity contribution in [3.63, 3.8) is 0 Å². The molecule has 4 aromatic rings. The van der Waals surface area contributed by atoms with Crippen LogP contribution in [0.1, 0.15) is 32.7 Å². The number of amides is 1. The SMILES string of the molecule is Cc1cc2nc(C)c(=O)n(Cc3ccc(C(=O)N4CCN(c5ccccc5)CC4)cc3)c2cc1C. The number of carbonyl (C=O) groups excluding carboxylic acids is 1. The topological polar surface area (TPSA) is 58.4 Å². The lowest BCUT2D eigenvalue weighted by molar-refractivity contribution is 0.0747. The second-order valence-corrected chi connectivity index (χ2v) is 9.33. The summed E-state index contributed by atoms with van der Waals surface area (Å²) in [5.74, 6) is 0.0535. The maximum Gasteiger partial charge on any atom is 0.272 e. The normalized spacial score (nSPS) is 13.9. The minimum atomic E-state index is -0.0859. The molecule has 0 N–H and O–H groups in total. The molecular weight excluding hydrogens is 436 g/mol. The lowest BCUT2D eigenvalue weighted by Gasteiger charge is -2.36. The predicted molar refractivity (Wildman–Crippen MR) is 140 cm³/mol. The van der Waals surface area contributed by atoms with Crippen LogP contribution in [0.2, 0.25) is 0 Å². The molecule has 0 unspecified atom stereocenters. The highest BCUT2D eigenvalue weighted by Gasteiger charge is 2.22. The summed E-state index contributed by atoms with van der Waals surface area (Å²) in [6, 6.07) is 22.0. The minimum absolute atomic E-state index is 0.0535. The first-order valence-corrected chi connectivity index (χ1v) is 12.1. The van der Waals surface area contributed by atoms with Crippen LogP contribution in [0.5, 0.6) is 0 Å². The van der Waals surface area contributed by atoms with Crippen LogP contribution in [0, 0.1) is 20.8 Å². The number of nitrogens with zero attached hydrogens (tertiary/aromatic N) is 4. The molecule has 2 heterocycles. The van der Waals surface area contributed by atoms with Crippen molar-refractivity contribution in [3.05, 3.63) is 105 Å². The summed E-state index contributed by atoms with van der Waals surface area (Å²) in [5, 5.41) is 0. The van der Waals surface area contributed by atoms with E-state index in [1.165, 1.54) is 5.69 Å². The molecule has 1 aliphatic heterocycles. The zero-order chi connectivity index (χ0) is 24.5. The zero-order valence-corrected chi connectivity index (χ0v) is 20.5. The van der Waals surface area contributed by atoms with Crippen LogP contribution < -0.4 is 10.5 Å². The Labute approximate surface area is 205 Å². The summed E-state index contributed by atoms with van der Waals surface area (Å²) in [4.78, 5) is 34.8. The number of anilines is 1. The number of hydrogen-bond donors (Lipinski definition) is 0. The Morgan fingerprint density at radius 3 is 2.20 bits per heavy atom. The van der Waals surface area contributed by atoms with E-state index in [0.717, 1.165) is 40.8 Å². The molecule has 0 saturated carbocycles. The predicted octanol–water partition coefficient (Wildman–Crippen LogP) is 4.33. The molecular formula is C29H30N4O2. The molecule has 5 rings (SSSR count). The Kier molecular flexibility index (Phi) is 6.12. The average Bonchev–Trinajstić information content (AvgIpc) is 2.89. The number of rotatable bonds is 4. The number of aryl methyl sites for hydroxylation is 3. The zero-order valence-electron chi connectivity index (χ0n) is 20.5. The third-order valence-electron chi connectivity index (χ3n) is 6.95. The van der Waals surface area contributed by atoms with Gasteiger partial charge in [0, 0.05) is 37.4 Å². The Morgan fingerprint density at radius 1 is 0.857 bits per heavy atom. The highest BCUT2D eigenvalue weighted by molar-refractivity contribution is 5.94. The van der Waals surface area contributed by atoms with Gasteiger partial charge in [-0.05, 0) is 73.9 Å². The Hall–Kier alpha value is -3.93. The standard InChI is InChI=1S/C29H30N4O2/c1-20-17-26-27(18-21(20)2)33(28(34)22(3)30-26)19-23-9-11-24(12-10-23)29(35)32-15-13-31(14-16-32)25-7-5-4-6-8-25/h4-12,17-18H,13-16,19H2,1-3H3. The van der Waals surface area contributed by atoms with E-state index in [-0.39, 0.29) is 11.5 Å². The number of fused-ring (bicyclic) bond motifs is 1. The number of benzene rings is 3.